The number of hydrazone groups is 1. The zero-order chi connectivity index (χ0) is 24.2. The fourth-order valence-corrected chi connectivity index (χ4v) is 4.89. The van der Waals surface area contributed by atoms with Crippen LogP contribution in [0.4, 0.5) is 11.4 Å². The van der Waals surface area contributed by atoms with Gasteiger partial charge in [-0.05, 0) is 53.6 Å². The van der Waals surface area contributed by atoms with E-state index < -0.39 is 14.9 Å². The molecule has 33 heavy (non-hydrogen) atoms. The smallest absolute Gasteiger partial charge is 0.295 e. The van der Waals surface area contributed by atoms with E-state index in [0.717, 1.165) is 28.2 Å². The molecule has 3 aromatic rings. The molecule has 3 rings (SSSR count). The van der Waals surface area contributed by atoms with E-state index in [4.69, 9.17) is 4.74 Å². The fourth-order valence-electron chi connectivity index (χ4n) is 3.41. The summed E-state index contributed by atoms with van der Waals surface area (Å²) >= 11 is 0. The lowest BCUT2D eigenvalue weighted by Gasteiger charge is -2.18. The van der Waals surface area contributed by atoms with Crippen LogP contribution in [-0.2, 0) is 10.0 Å². The summed E-state index contributed by atoms with van der Waals surface area (Å²) in [6.45, 7) is 5.75. The third kappa shape index (κ3) is 5.12. The van der Waals surface area contributed by atoms with Crippen LogP contribution in [0.3, 0.4) is 0 Å². The Morgan fingerprint density at radius 2 is 1.73 bits per heavy atom. The van der Waals surface area contributed by atoms with Gasteiger partial charge in [-0.2, -0.15) is 9.41 Å². The highest BCUT2D eigenvalue weighted by atomic mass is 32.2. The second-order valence-corrected chi connectivity index (χ2v) is 9.20. The fraction of sp³-hybridized carbons (Fsp3) is 0.261. The topological polar surface area (TPSA) is 114 Å². The van der Waals surface area contributed by atoms with E-state index in [1.807, 2.05) is 36.4 Å². The number of nitrogens with one attached hydrogen (secondary N) is 1. The first-order chi connectivity index (χ1) is 15.7. The van der Waals surface area contributed by atoms with Crippen molar-refractivity contribution < 1.29 is 18.1 Å². The summed E-state index contributed by atoms with van der Waals surface area (Å²) in [5.74, 6) is 0.765. The zero-order valence-electron chi connectivity index (χ0n) is 18.9. The summed E-state index contributed by atoms with van der Waals surface area (Å²) in [7, 11) is -2.20. The molecule has 0 unspecified atom stereocenters. The van der Waals surface area contributed by atoms with Crippen molar-refractivity contribution >= 4 is 37.9 Å². The summed E-state index contributed by atoms with van der Waals surface area (Å²) in [5.41, 5.74) is 3.89. The number of sulfonamides is 1. The molecule has 0 spiro atoms. The minimum Gasteiger partial charge on any atom is -0.497 e. The number of rotatable bonds is 9. The van der Waals surface area contributed by atoms with E-state index in [1.165, 1.54) is 16.4 Å². The van der Waals surface area contributed by atoms with E-state index in [-0.39, 0.29) is 29.4 Å². The molecule has 3 aromatic carbocycles. The molecule has 0 aliphatic carbocycles. The van der Waals surface area contributed by atoms with Crippen LogP contribution in [0.1, 0.15) is 26.3 Å². The maximum absolute atomic E-state index is 12.7. The predicted molar refractivity (Wildman–Crippen MR) is 130 cm³/mol. The molecule has 0 radical (unpaired) electrons. The van der Waals surface area contributed by atoms with Crippen LogP contribution in [0.2, 0.25) is 0 Å². The molecule has 0 atom stereocenters. The van der Waals surface area contributed by atoms with Crippen LogP contribution >= 0.6 is 0 Å². The highest BCUT2D eigenvalue weighted by Gasteiger charge is 2.25. The number of nitrogens with zero attached hydrogens (tertiary/aromatic N) is 3. The Morgan fingerprint density at radius 3 is 2.36 bits per heavy atom. The molecule has 9 nitrogen and oxygen atoms in total. The highest BCUT2D eigenvalue weighted by molar-refractivity contribution is 7.89. The second-order valence-electron chi connectivity index (χ2n) is 7.26. The van der Waals surface area contributed by atoms with Gasteiger partial charge in [-0.1, -0.05) is 32.0 Å². The number of fused-ring (bicyclic) bond motifs is 1. The lowest BCUT2D eigenvalue weighted by molar-refractivity contribution is -0.384. The monoisotopic (exact) mass is 470 g/mol. The van der Waals surface area contributed by atoms with Crippen LogP contribution in [0.5, 0.6) is 5.75 Å². The van der Waals surface area contributed by atoms with Crippen molar-refractivity contribution in [2.45, 2.75) is 25.7 Å². The molecule has 0 heterocycles. The molecular formula is C23H26N4O5S. The third-order valence-electron chi connectivity index (χ3n) is 5.32. The number of ether oxygens (including phenoxy) is 1. The summed E-state index contributed by atoms with van der Waals surface area (Å²) in [6.07, 6.45) is 0. The van der Waals surface area contributed by atoms with Crippen molar-refractivity contribution in [3.05, 3.63) is 70.3 Å². The Bertz CT molecular complexity index is 1320. The lowest BCUT2D eigenvalue weighted by Crippen LogP contribution is -2.30. The van der Waals surface area contributed by atoms with E-state index in [2.05, 4.69) is 10.5 Å². The molecule has 0 amide bonds. The van der Waals surface area contributed by atoms with Gasteiger partial charge in [0.25, 0.3) is 5.69 Å². The largest absolute Gasteiger partial charge is 0.497 e. The molecule has 0 aliphatic rings. The summed E-state index contributed by atoms with van der Waals surface area (Å²) in [5, 5.41) is 17.9. The number of benzene rings is 3. The maximum Gasteiger partial charge on any atom is 0.295 e. The zero-order valence-corrected chi connectivity index (χ0v) is 19.7. The van der Waals surface area contributed by atoms with Gasteiger partial charge in [-0.25, -0.2) is 8.42 Å². The van der Waals surface area contributed by atoms with Gasteiger partial charge in [-0.15, -0.1) is 0 Å². The van der Waals surface area contributed by atoms with Gasteiger partial charge in [0.15, 0.2) is 0 Å². The summed E-state index contributed by atoms with van der Waals surface area (Å²) in [4.78, 5) is 10.9. The van der Waals surface area contributed by atoms with Gasteiger partial charge in [0.05, 0.1) is 22.6 Å². The van der Waals surface area contributed by atoms with Gasteiger partial charge in [0, 0.05) is 19.2 Å². The van der Waals surface area contributed by atoms with Crippen LogP contribution in [0.25, 0.3) is 10.8 Å². The average Bonchev–Trinajstić information content (AvgIpc) is 2.82. The van der Waals surface area contributed by atoms with E-state index >= 15 is 0 Å². The minimum atomic E-state index is -3.82. The molecule has 0 aromatic heterocycles. The quantitative estimate of drug-likeness (QED) is 0.277. The van der Waals surface area contributed by atoms with Crippen molar-refractivity contribution in [1.82, 2.24) is 4.31 Å². The first-order valence-electron chi connectivity index (χ1n) is 10.4. The Morgan fingerprint density at radius 1 is 1.06 bits per heavy atom. The summed E-state index contributed by atoms with van der Waals surface area (Å²) < 4.78 is 31.9. The van der Waals surface area contributed by atoms with Gasteiger partial charge >= 0.3 is 0 Å². The minimum absolute atomic E-state index is 0.100. The number of nitro groups is 1. The Kier molecular flexibility index (Phi) is 7.29. The van der Waals surface area contributed by atoms with Gasteiger partial charge in [0.1, 0.15) is 11.4 Å². The molecule has 174 valence electrons. The van der Waals surface area contributed by atoms with Gasteiger partial charge in [-0.3, -0.25) is 15.5 Å². The van der Waals surface area contributed by atoms with Gasteiger partial charge < -0.3 is 4.74 Å². The molecule has 0 fully saturated rings. The summed E-state index contributed by atoms with van der Waals surface area (Å²) in [6, 6.07) is 15.3. The molecular weight excluding hydrogens is 444 g/mol. The highest BCUT2D eigenvalue weighted by Crippen LogP contribution is 2.29. The van der Waals surface area contributed by atoms with Crippen LogP contribution in [0, 0.1) is 10.1 Å². The third-order valence-corrected chi connectivity index (χ3v) is 7.36. The van der Waals surface area contributed by atoms with Crippen molar-refractivity contribution in [1.29, 1.82) is 0 Å². The Labute approximate surface area is 192 Å². The SMILES string of the molecule is CCN(CC)S(=O)(=O)c1ccc(N/N=C(/C)c2ccc3cc(OC)ccc3c2)c([N+](=O)[O-])c1. The normalized spacial score (nSPS) is 12.2. The maximum atomic E-state index is 12.7. The molecule has 10 heteroatoms. The molecule has 0 bridgehead atoms. The second kappa shape index (κ2) is 9.97. The van der Waals surface area contributed by atoms with Crippen molar-refractivity contribution in [3.63, 3.8) is 0 Å². The van der Waals surface area contributed by atoms with Crippen LogP contribution < -0.4 is 10.2 Å². The molecule has 1 N–H and O–H groups in total. The van der Waals surface area contributed by atoms with E-state index in [0.29, 0.717) is 5.71 Å². The number of nitro benzene ring substituents is 1. The number of anilines is 1. The van der Waals surface area contributed by atoms with Crippen molar-refractivity contribution in [2.75, 3.05) is 25.6 Å². The average molecular weight is 471 g/mol. The standard InChI is InChI=1S/C23H26N4O5S/c1-5-26(6-2)33(30,31)21-11-12-22(23(15-21)27(28)29)25-24-16(3)17-7-8-19-14-20(32-4)10-9-18(19)13-17/h7-15,25H,5-6H2,1-4H3/b24-16-. The van der Waals surface area contributed by atoms with Crippen LogP contribution in [0.15, 0.2) is 64.6 Å². The number of hydrogen-bond acceptors (Lipinski definition) is 7. The van der Waals surface area contributed by atoms with Crippen molar-refractivity contribution in [3.8, 4) is 5.75 Å². The van der Waals surface area contributed by atoms with Crippen LogP contribution in [-0.4, -0.2) is 43.6 Å². The van der Waals surface area contributed by atoms with Gasteiger partial charge in [0.2, 0.25) is 10.0 Å². The molecule has 0 saturated heterocycles. The number of methoxy groups -OCH3 is 1. The number of hydrogen-bond donors (Lipinski definition) is 1. The lowest BCUT2D eigenvalue weighted by atomic mass is 10.0. The Hall–Kier alpha value is -3.50. The van der Waals surface area contributed by atoms with E-state index in [1.54, 1.807) is 27.9 Å². The van der Waals surface area contributed by atoms with Crippen molar-refractivity contribution in [2.24, 2.45) is 5.10 Å². The molecule has 0 saturated carbocycles. The molecule has 0 aliphatic heterocycles. The first kappa shape index (κ1) is 24.1. The Balaban J connectivity index is 1.91. The first-order valence-corrected chi connectivity index (χ1v) is 11.8. The van der Waals surface area contributed by atoms with E-state index in [9.17, 15) is 18.5 Å². The predicted octanol–water partition coefficient (Wildman–Crippen LogP) is 4.62.